The molecule has 0 aliphatic heterocycles. The van der Waals surface area contributed by atoms with Gasteiger partial charge in [-0.3, -0.25) is 0 Å². The quantitative estimate of drug-likeness (QED) is 0.834. The minimum Gasteiger partial charge on any atom is -0.494 e. The molecular weight excluding hydrogens is 260 g/mol. The Kier molecular flexibility index (Phi) is 5.40. The van der Waals surface area contributed by atoms with E-state index >= 15 is 0 Å². The highest BCUT2D eigenvalue weighted by Crippen LogP contribution is 2.26. The van der Waals surface area contributed by atoms with Crippen LogP contribution < -0.4 is 4.74 Å². The first kappa shape index (κ1) is 15.6. The molecule has 0 amide bonds. The highest BCUT2D eigenvalue weighted by atomic mass is 16.5. The monoisotopic (exact) mass is 284 g/mol. The van der Waals surface area contributed by atoms with Crippen LogP contribution in [0.2, 0.25) is 0 Å². The zero-order valence-electron chi connectivity index (χ0n) is 13.0. The zero-order valence-corrected chi connectivity index (χ0v) is 13.0. The van der Waals surface area contributed by atoms with Gasteiger partial charge in [-0.1, -0.05) is 50.2 Å². The Hall–Kier alpha value is -1.80. The van der Waals surface area contributed by atoms with Crippen molar-refractivity contribution < 1.29 is 9.84 Å². The highest BCUT2D eigenvalue weighted by Gasteiger charge is 2.11. The van der Waals surface area contributed by atoms with Crippen molar-refractivity contribution >= 4 is 0 Å². The van der Waals surface area contributed by atoms with Crippen LogP contribution in [0.25, 0.3) is 0 Å². The first-order valence-electron chi connectivity index (χ1n) is 7.66. The molecule has 0 aliphatic carbocycles. The molecule has 112 valence electrons. The molecule has 0 saturated carbocycles. The summed E-state index contributed by atoms with van der Waals surface area (Å²) in [5, 5.41) is 10.5. The van der Waals surface area contributed by atoms with E-state index in [-0.39, 0.29) is 0 Å². The molecular formula is C19H24O2. The Morgan fingerprint density at radius 3 is 1.81 bits per heavy atom. The summed E-state index contributed by atoms with van der Waals surface area (Å²) in [6.07, 6.45) is 0.535. The summed E-state index contributed by atoms with van der Waals surface area (Å²) in [5.41, 5.74) is 3.13. The lowest BCUT2D eigenvalue weighted by Crippen LogP contribution is -2.01. The van der Waals surface area contributed by atoms with Crippen molar-refractivity contribution in [2.75, 3.05) is 6.61 Å². The predicted octanol–water partition coefficient (Wildman–Crippen LogP) is 4.68. The molecule has 2 atom stereocenters. The van der Waals surface area contributed by atoms with Gasteiger partial charge in [0.15, 0.2) is 0 Å². The van der Waals surface area contributed by atoms with Gasteiger partial charge < -0.3 is 9.84 Å². The second-order valence-electron chi connectivity index (χ2n) is 5.38. The third-order valence-electron chi connectivity index (χ3n) is 3.94. The number of ether oxygens (including phenoxy) is 1. The lowest BCUT2D eigenvalue weighted by atomic mass is 9.95. The van der Waals surface area contributed by atoms with Crippen LogP contribution in [0.15, 0.2) is 48.5 Å². The van der Waals surface area contributed by atoms with Crippen molar-refractivity contribution in [1.29, 1.82) is 0 Å². The molecule has 0 saturated heterocycles. The molecule has 0 radical (unpaired) electrons. The molecule has 0 bridgehead atoms. The maximum atomic E-state index is 10.5. The summed E-state index contributed by atoms with van der Waals surface area (Å²) in [7, 11) is 0. The Balaban J connectivity index is 2.13. The van der Waals surface area contributed by atoms with E-state index in [2.05, 4.69) is 26.0 Å². The number of rotatable bonds is 6. The number of hydrogen-bond donors (Lipinski definition) is 1. The average molecular weight is 284 g/mol. The average Bonchev–Trinajstić information content (AvgIpc) is 2.54. The molecule has 2 aromatic carbocycles. The van der Waals surface area contributed by atoms with Gasteiger partial charge in [-0.15, -0.1) is 0 Å². The van der Waals surface area contributed by atoms with Gasteiger partial charge in [0, 0.05) is 0 Å². The van der Waals surface area contributed by atoms with Crippen LogP contribution in [0.3, 0.4) is 0 Å². The molecule has 2 unspecified atom stereocenters. The van der Waals surface area contributed by atoms with E-state index in [4.69, 9.17) is 4.74 Å². The predicted molar refractivity (Wildman–Crippen MR) is 86.8 cm³/mol. The number of benzene rings is 2. The Bertz CT molecular complexity index is 543. The fourth-order valence-electron chi connectivity index (χ4n) is 2.35. The lowest BCUT2D eigenvalue weighted by Gasteiger charge is -2.14. The summed E-state index contributed by atoms with van der Waals surface area (Å²) < 4.78 is 5.42. The maximum Gasteiger partial charge on any atom is 0.119 e. The second-order valence-corrected chi connectivity index (χ2v) is 5.38. The third kappa shape index (κ3) is 3.85. The SMILES string of the molecule is CCOc1ccc(C(O)c2ccc(C(C)CC)cc2)cc1. The van der Waals surface area contributed by atoms with Crippen LogP contribution in [-0.4, -0.2) is 11.7 Å². The molecule has 2 aromatic rings. The first-order valence-corrected chi connectivity index (χ1v) is 7.66. The van der Waals surface area contributed by atoms with E-state index in [1.807, 2.05) is 43.3 Å². The van der Waals surface area contributed by atoms with Crippen LogP contribution in [0, 0.1) is 0 Å². The molecule has 0 aliphatic rings. The van der Waals surface area contributed by atoms with Crippen LogP contribution in [0.4, 0.5) is 0 Å². The minimum absolute atomic E-state index is 0.557. The van der Waals surface area contributed by atoms with Gasteiger partial charge in [-0.05, 0) is 48.1 Å². The molecule has 2 rings (SSSR count). The normalized spacial score (nSPS) is 13.7. The maximum absolute atomic E-state index is 10.5. The van der Waals surface area contributed by atoms with Crippen LogP contribution in [0.1, 0.15) is 55.9 Å². The van der Waals surface area contributed by atoms with E-state index < -0.39 is 6.10 Å². The molecule has 1 N–H and O–H groups in total. The van der Waals surface area contributed by atoms with E-state index in [9.17, 15) is 5.11 Å². The summed E-state index contributed by atoms with van der Waals surface area (Å²) in [6, 6.07) is 15.9. The van der Waals surface area contributed by atoms with Crippen molar-refractivity contribution in [1.82, 2.24) is 0 Å². The van der Waals surface area contributed by atoms with Crippen molar-refractivity contribution in [3.63, 3.8) is 0 Å². The van der Waals surface area contributed by atoms with E-state index in [1.54, 1.807) is 0 Å². The summed E-state index contributed by atoms with van der Waals surface area (Å²) >= 11 is 0. The molecule has 2 heteroatoms. The van der Waals surface area contributed by atoms with Crippen LogP contribution in [-0.2, 0) is 0 Å². The third-order valence-corrected chi connectivity index (χ3v) is 3.94. The van der Waals surface area contributed by atoms with Gasteiger partial charge in [-0.25, -0.2) is 0 Å². The molecule has 0 spiro atoms. The van der Waals surface area contributed by atoms with Crippen LogP contribution in [0.5, 0.6) is 5.75 Å². The highest BCUT2D eigenvalue weighted by molar-refractivity contribution is 5.35. The molecule has 0 heterocycles. The van der Waals surface area contributed by atoms with E-state index in [1.165, 1.54) is 5.56 Å². The van der Waals surface area contributed by atoms with E-state index in [0.717, 1.165) is 23.3 Å². The minimum atomic E-state index is -0.591. The zero-order chi connectivity index (χ0) is 15.2. The van der Waals surface area contributed by atoms with Crippen molar-refractivity contribution in [3.8, 4) is 5.75 Å². The molecule has 0 fully saturated rings. The van der Waals surface area contributed by atoms with Gasteiger partial charge in [0.05, 0.1) is 6.61 Å². The van der Waals surface area contributed by atoms with Gasteiger partial charge >= 0.3 is 0 Å². The Labute approximate surface area is 127 Å². The topological polar surface area (TPSA) is 29.5 Å². The lowest BCUT2D eigenvalue weighted by molar-refractivity contribution is 0.220. The van der Waals surface area contributed by atoms with Crippen molar-refractivity contribution in [3.05, 3.63) is 65.2 Å². The fourth-order valence-corrected chi connectivity index (χ4v) is 2.35. The van der Waals surface area contributed by atoms with Gasteiger partial charge in [0.1, 0.15) is 11.9 Å². The fraction of sp³-hybridized carbons (Fsp3) is 0.368. The second kappa shape index (κ2) is 7.28. The van der Waals surface area contributed by atoms with Crippen LogP contribution >= 0.6 is 0 Å². The Morgan fingerprint density at radius 1 is 0.857 bits per heavy atom. The van der Waals surface area contributed by atoms with Gasteiger partial charge in [0.2, 0.25) is 0 Å². The number of aliphatic hydroxyl groups is 1. The standard InChI is InChI=1S/C19H24O2/c1-4-14(3)15-6-8-16(9-7-15)19(20)17-10-12-18(13-11-17)21-5-2/h6-14,19-20H,4-5H2,1-3H3. The number of aliphatic hydroxyl groups excluding tert-OH is 1. The number of hydrogen-bond acceptors (Lipinski definition) is 2. The van der Waals surface area contributed by atoms with Gasteiger partial charge in [0.25, 0.3) is 0 Å². The van der Waals surface area contributed by atoms with Crippen molar-refractivity contribution in [2.24, 2.45) is 0 Å². The largest absolute Gasteiger partial charge is 0.494 e. The summed E-state index contributed by atoms with van der Waals surface area (Å²) in [4.78, 5) is 0. The smallest absolute Gasteiger partial charge is 0.119 e. The first-order chi connectivity index (χ1) is 10.2. The molecule has 21 heavy (non-hydrogen) atoms. The van der Waals surface area contributed by atoms with Gasteiger partial charge in [-0.2, -0.15) is 0 Å². The molecule has 0 aromatic heterocycles. The molecule has 2 nitrogen and oxygen atoms in total. The van der Waals surface area contributed by atoms with E-state index in [0.29, 0.717) is 12.5 Å². The van der Waals surface area contributed by atoms with Crippen molar-refractivity contribution in [2.45, 2.75) is 39.2 Å². The summed E-state index contributed by atoms with van der Waals surface area (Å²) in [6.45, 7) is 7.02. The Morgan fingerprint density at radius 2 is 1.33 bits per heavy atom. The summed E-state index contributed by atoms with van der Waals surface area (Å²) in [5.74, 6) is 1.39.